The molecule has 2 aromatic rings. The summed E-state index contributed by atoms with van der Waals surface area (Å²) in [5.74, 6) is 1.12. The van der Waals surface area contributed by atoms with E-state index >= 15 is 0 Å². The fourth-order valence-corrected chi connectivity index (χ4v) is 2.99. The van der Waals surface area contributed by atoms with Crippen molar-refractivity contribution in [3.05, 3.63) is 45.9 Å². The minimum Gasteiger partial charge on any atom is -0.493 e. The molecule has 122 valence electrons. The van der Waals surface area contributed by atoms with Gasteiger partial charge in [0.05, 0.1) is 18.7 Å². The van der Waals surface area contributed by atoms with E-state index in [9.17, 15) is 4.79 Å². The predicted molar refractivity (Wildman–Crippen MR) is 88.9 cm³/mol. The lowest BCUT2D eigenvalue weighted by Crippen LogP contribution is -2.23. The van der Waals surface area contributed by atoms with Gasteiger partial charge in [0.15, 0.2) is 0 Å². The number of hydrogen-bond donors (Lipinski definition) is 1. The monoisotopic (exact) mass is 332 g/mol. The zero-order chi connectivity index (χ0) is 16.1. The Hall–Kier alpha value is -1.92. The number of hydrogen-bond acceptors (Lipinski definition) is 5. The van der Waals surface area contributed by atoms with Crippen LogP contribution < -0.4 is 10.1 Å². The van der Waals surface area contributed by atoms with Crippen LogP contribution in [-0.4, -0.2) is 30.7 Å². The molecule has 1 saturated heterocycles. The summed E-state index contributed by atoms with van der Waals surface area (Å²) in [7, 11) is 0. The van der Waals surface area contributed by atoms with Gasteiger partial charge in [-0.2, -0.15) is 0 Å². The SMILES string of the molecule is Cc1ccc(CNC(=O)c2cscn2)c(OC[C@H]2CCOC2)c1. The van der Waals surface area contributed by atoms with Crippen LogP contribution in [0.15, 0.2) is 29.1 Å². The van der Waals surface area contributed by atoms with Gasteiger partial charge >= 0.3 is 0 Å². The van der Waals surface area contributed by atoms with Gasteiger partial charge in [-0.3, -0.25) is 4.79 Å². The van der Waals surface area contributed by atoms with Crippen molar-refractivity contribution in [2.75, 3.05) is 19.8 Å². The molecule has 1 aliphatic rings. The number of benzene rings is 1. The van der Waals surface area contributed by atoms with Gasteiger partial charge in [-0.1, -0.05) is 12.1 Å². The fourth-order valence-electron chi connectivity index (χ4n) is 2.46. The molecule has 1 atom stereocenters. The second kappa shape index (κ2) is 7.57. The van der Waals surface area contributed by atoms with E-state index in [1.54, 1.807) is 10.9 Å². The Kier molecular flexibility index (Phi) is 5.25. The van der Waals surface area contributed by atoms with Gasteiger partial charge in [0.1, 0.15) is 11.4 Å². The summed E-state index contributed by atoms with van der Waals surface area (Å²) in [6.45, 7) is 4.69. The second-order valence-electron chi connectivity index (χ2n) is 5.71. The molecule has 1 aromatic carbocycles. The zero-order valence-electron chi connectivity index (χ0n) is 13.1. The van der Waals surface area contributed by atoms with Crippen LogP contribution in [0.1, 0.15) is 28.0 Å². The summed E-state index contributed by atoms with van der Waals surface area (Å²) in [6, 6.07) is 6.03. The van der Waals surface area contributed by atoms with E-state index in [1.165, 1.54) is 11.3 Å². The summed E-state index contributed by atoms with van der Waals surface area (Å²) in [6.07, 6.45) is 1.04. The van der Waals surface area contributed by atoms with Crippen molar-refractivity contribution in [2.24, 2.45) is 5.92 Å². The standard InChI is InChI=1S/C17H20N2O3S/c1-12-2-3-14(7-18-17(20)15-10-23-11-19-15)16(6-12)22-9-13-4-5-21-8-13/h2-3,6,10-11,13H,4-5,7-9H2,1H3,(H,18,20)/t13-/m0/s1. The maximum Gasteiger partial charge on any atom is 0.271 e. The summed E-state index contributed by atoms with van der Waals surface area (Å²) in [5, 5.41) is 4.63. The molecule has 0 saturated carbocycles. The molecule has 0 aliphatic carbocycles. The van der Waals surface area contributed by atoms with Gasteiger partial charge < -0.3 is 14.8 Å². The number of amides is 1. The maximum absolute atomic E-state index is 12.0. The molecular weight excluding hydrogens is 312 g/mol. The highest BCUT2D eigenvalue weighted by Gasteiger charge is 2.17. The second-order valence-corrected chi connectivity index (χ2v) is 6.43. The normalized spacial score (nSPS) is 17.2. The number of aryl methyl sites for hydroxylation is 1. The third kappa shape index (κ3) is 4.30. The molecule has 0 spiro atoms. The van der Waals surface area contributed by atoms with E-state index < -0.39 is 0 Å². The Bertz CT molecular complexity index is 652. The smallest absolute Gasteiger partial charge is 0.271 e. The number of carbonyl (C=O) groups excluding carboxylic acids is 1. The van der Waals surface area contributed by atoms with Crippen molar-refractivity contribution in [2.45, 2.75) is 19.9 Å². The van der Waals surface area contributed by atoms with Crippen molar-refractivity contribution >= 4 is 17.2 Å². The molecule has 3 rings (SSSR count). The van der Waals surface area contributed by atoms with Crippen LogP contribution in [0.3, 0.4) is 0 Å². The van der Waals surface area contributed by atoms with E-state index in [2.05, 4.69) is 10.3 Å². The first-order valence-corrected chi connectivity index (χ1v) is 8.63. The van der Waals surface area contributed by atoms with Crippen LogP contribution in [0.25, 0.3) is 0 Å². The Morgan fingerprint density at radius 1 is 1.52 bits per heavy atom. The maximum atomic E-state index is 12.0. The van der Waals surface area contributed by atoms with Crippen LogP contribution in [0.4, 0.5) is 0 Å². The first-order chi connectivity index (χ1) is 11.2. The molecule has 1 aliphatic heterocycles. The number of nitrogens with zero attached hydrogens (tertiary/aromatic N) is 1. The Morgan fingerprint density at radius 2 is 2.43 bits per heavy atom. The molecule has 2 heterocycles. The van der Waals surface area contributed by atoms with Gasteiger partial charge in [-0.15, -0.1) is 11.3 Å². The summed E-state index contributed by atoms with van der Waals surface area (Å²) >= 11 is 1.41. The van der Waals surface area contributed by atoms with Crippen LogP contribution in [-0.2, 0) is 11.3 Å². The number of aromatic nitrogens is 1. The molecule has 0 bridgehead atoms. The highest BCUT2D eigenvalue weighted by molar-refractivity contribution is 7.07. The van der Waals surface area contributed by atoms with Crippen molar-refractivity contribution < 1.29 is 14.3 Å². The third-order valence-corrected chi connectivity index (χ3v) is 4.41. The topological polar surface area (TPSA) is 60.5 Å². The van der Waals surface area contributed by atoms with Crippen LogP contribution in [0.2, 0.25) is 0 Å². The van der Waals surface area contributed by atoms with E-state index in [-0.39, 0.29) is 5.91 Å². The highest BCUT2D eigenvalue weighted by Crippen LogP contribution is 2.22. The Morgan fingerprint density at radius 3 is 3.17 bits per heavy atom. The van der Waals surface area contributed by atoms with Crippen LogP contribution >= 0.6 is 11.3 Å². The minimum atomic E-state index is -0.165. The molecule has 5 nitrogen and oxygen atoms in total. The molecule has 1 fully saturated rings. The van der Waals surface area contributed by atoms with Gasteiger partial charge in [0.25, 0.3) is 5.91 Å². The summed E-state index contributed by atoms with van der Waals surface area (Å²) < 4.78 is 11.4. The van der Waals surface area contributed by atoms with E-state index in [4.69, 9.17) is 9.47 Å². The number of carbonyl (C=O) groups is 1. The molecule has 6 heteroatoms. The molecule has 1 amide bonds. The first-order valence-electron chi connectivity index (χ1n) is 7.69. The van der Waals surface area contributed by atoms with Crippen LogP contribution in [0, 0.1) is 12.8 Å². The van der Waals surface area contributed by atoms with Crippen molar-refractivity contribution in [1.82, 2.24) is 10.3 Å². The average molecular weight is 332 g/mol. The van der Waals surface area contributed by atoms with Crippen LogP contribution in [0.5, 0.6) is 5.75 Å². The molecule has 1 N–H and O–H groups in total. The first kappa shape index (κ1) is 16.0. The fraction of sp³-hybridized carbons (Fsp3) is 0.412. The number of rotatable bonds is 6. The van der Waals surface area contributed by atoms with Crippen molar-refractivity contribution in [3.8, 4) is 5.75 Å². The molecule has 0 radical (unpaired) electrons. The lowest BCUT2D eigenvalue weighted by atomic mass is 10.1. The lowest BCUT2D eigenvalue weighted by molar-refractivity contribution is 0.0946. The van der Waals surface area contributed by atoms with Crippen molar-refractivity contribution in [3.63, 3.8) is 0 Å². The number of nitrogens with one attached hydrogen (secondary N) is 1. The van der Waals surface area contributed by atoms with E-state index in [0.717, 1.165) is 36.5 Å². The Labute approximate surface area is 139 Å². The zero-order valence-corrected chi connectivity index (χ0v) is 13.9. The molecular formula is C17H20N2O3S. The highest BCUT2D eigenvalue weighted by atomic mass is 32.1. The van der Waals surface area contributed by atoms with Crippen molar-refractivity contribution in [1.29, 1.82) is 0 Å². The van der Waals surface area contributed by atoms with Gasteiger partial charge in [-0.25, -0.2) is 4.98 Å². The summed E-state index contributed by atoms with van der Waals surface area (Å²) in [4.78, 5) is 16.0. The van der Waals surface area contributed by atoms with Gasteiger partial charge in [0, 0.05) is 30.0 Å². The molecule has 1 aromatic heterocycles. The van der Waals surface area contributed by atoms with Gasteiger partial charge in [0.2, 0.25) is 0 Å². The molecule has 0 unspecified atom stereocenters. The molecule has 23 heavy (non-hydrogen) atoms. The van der Waals surface area contributed by atoms with E-state index in [0.29, 0.717) is 24.8 Å². The Balaban J connectivity index is 1.62. The van der Waals surface area contributed by atoms with Gasteiger partial charge in [-0.05, 0) is 25.0 Å². The quantitative estimate of drug-likeness (QED) is 0.884. The minimum absolute atomic E-state index is 0.165. The van der Waals surface area contributed by atoms with E-state index in [1.807, 2.05) is 25.1 Å². The average Bonchev–Trinajstić information content (AvgIpc) is 3.25. The largest absolute Gasteiger partial charge is 0.493 e. The number of thiazole rings is 1. The third-order valence-electron chi connectivity index (χ3n) is 3.83. The lowest BCUT2D eigenvalue weighted by Gasteiger charge is -2.15. The number of ether oxygens (including phenoxy) is 2. The predicted octanol–water partition coefficient (Wildman–Crippen LogP) is 2.80. The summed E-state index contributed by atoms with van der Waals surface area (Å²) in [5.41, 5.74) is 4.21.